The number of benzene rings is 3. The first kappa shape index (κ1) is 19.1. The molecule has 0 saturated carbocycles. The zero-order chi connectivity index (χ0) is 19.2. The Kier molecular flexibility index (Phi) is 6.22. The normalized spacial score (nSPS) is 11.1. The topological polar surface area (TPSA) is 43.8 Å². The minimum absolute atomic E-state index is 0.0334. The lowest BCUT2D eigenvalue weighted by Gasteiger charge is -2.23. The zero-order valence-electron chi connectivity index (χ0n) is 15.9. The molecular weight excluding hydrogens is 336 g/mol. The Labute approximate surface area is 160 Å². The molecule has 0 atom stereocenters. The van der Waals surface area contributed by atoms with Gasteiger partial charge in [0.05, 0.1) is 6.61 Å². The van der Waals surface area contributed by atoms with Crippen LogP contribution < -0.4 is 0 Å². The van der Waals surface area contributed by atoms with Crippen LogP contribution in [0.3, 0.4) is 0 Å². The third-order valence-electron chi connectivity index (χ3n) is 4.69. The molecule has 3 aromatic rings. The number of hydrogen-bond donors (Lipinski definition) is 1. The molecular formula is C23H26N2O2. The molecule has 0 radical (unpaired) electrons. The zero-order valence-corrected chi connectivity index (χ0v) is 15.9. The number of hydrogen-bond acceptors (Lipinski definition) is 3. The summed E-state index contributed by atoms with van der Waals surface area (Å²) in [5.74, 6) is -0.0454. The van der Waals surface area contributed by atoms with Gasteiger partial charge in [0, 0.05) is 25.2 Å². The van der Waals surface area contributed by atoms with Crippen molar-refractivity contribution in [2.45, 2.75) is 0 Å². The van der Waals surface area contributed by atoms with Gasteiger partial charge in [0.15, 0.2) is 0 Å². The summed E-state index contributed by atoms with van der Waals surface area (Å²) in [5.41, 5.74) is 2.86. The van der Waals surface area contributed by atoms with Gasteiger partial charge in [-0.15, -0.1) is 0 Å². The SMILES string of the molecule is CN(C)CCN(CCO)C(=O)c1ccc(-c2ccc3ccccc3c2)cc1. The van der Waals surface area contributed by atoms with Crippen LogP contribution in [0, 0.1) is 0 Å². The Morgan fingerprint density at radius 1 is 0.815 bits per heavy atom. The largest absolute Gasteiger partial charge is 0.395 e. The molecule has 0 aliphatic rings. The van der Waals surface area contributed by atoms with Gasteiger partial charge in [0.1, 0.15) is 0 Å². The predicted octanol–water partition coefficient (Wildman–Crippen LogP) is 3.50. The van der Waals surface area contributed by atoms with Crippen LogP contribution >= 0.6 is 0 Å². The van der Waals surface area contributed by atoms with Crippen molar-refractivity contribution in [2.75, 3.05) is 40.3 Å². The van der Waals surface area contributed by atoms with E-state index in [2.05, 4.69) is 30.3 Å². The number of aliphatic hydroxyl groups is 1. The third-order valence-corrected chi connectivity index (χ3v) is 4.69. The number of likely N-dealkylation sites (N-methyl/N-ethyl adjacent to an activating group) is 1. The molecule has 27 heavy (non-hydrogen) atoms. The molecule has 0 aromatic heterocycles. The highest BCUT2D eigenvalue weighted by Crippen LogP contribution is 2.25. The Bertz CT molecular complexity index is 904. The molecule has 4 nitrogen and oxygen atoms in total. The minimum atomic E-state index is -0.0454. The van der Waals surface area contributed by atoms with Gasteiger partial charge in [-0.05, 0) is 54.2 Å². The van der Waals surface area contributed by atoms with Crippen molar-refractivity contribution in [1.82, 2.24) is 9.80 Å². The summed E-state index contributed by atoms with van der Waals surface area (Å²) < 4.78 is 0. The lowest BCUT2D eigenvalue weighted by Crippen LogP contribution is -2.38. The number of carbonyl (C=O) groups is 1. The number of fused-ring (bicyclic) bond motifs is 1. The summed E-state index contributed by atoms with van der Waals surface area (Å²) in [7, 11) is 3.94. The number of nitrogens with zero attached hydrogens (tertiary/aromatic N) is 2. The van der Waals surface area contributed by atoms with Crippen LogP contribution in [0.5, 0.6) is 0 Å². The molecule has 0 aliphatic heterocycles. The first-order valence-electron chi connectivity index (χ1n) is 9.22. The van der Waals surface area contributed by atoms with Crippen molar-refractivity contribution in [3.63, 3.8) is 0 Å². The third kappa shape index (κ3) is 4.73. The Hall–Kier alpha value is -2.69. The number of rotatable bonds is 7. The van der Waals surface area contributed by atoms with Gasteiger partial charge in [-0.2, -0.15) is 0 Å². The molecule has 3 aromatic carbocycles. The average molecular weight is 362 g/mol. The second-order valence-corrected chi connectivity index (χ2v) is 6.96. The van der Waals surface area contributed by atoms with E-state index in [1.807, 2.05) is 55.4 Å². The van der Waals surface area contributed by atoms with Gasteiger partial charge < -0.3 is 14.9 Å². The van der Waals surface area contributed by atoms with Crippen LogP contribution in [0.1, 0.15) is 10.4 Å². The smallest absolute Gasteiger partial charge is 0.253 e. The van der Waals surface area contributed by atoms with Gasteiger partial charge >= 0.3 is 0 Å². The van der Waals surface area contributed by atoms with Crippen LogP contribution in [-0.2, 0) is 0 Å². The van der Waals surface area contributed by atoms with E-state index in [9.17, 15) is 9.90 Å². The van der Waals surface area contributed by atoms with Crippen molar-refractivity contribution in [3.05, 3.63) is 72.3 Å². The maximum Gasteiger partial charge on any atom is 0.253 e. The van der Waals surface area contributed by atoms with E-state index < -0.39 is 0 Å². The quantitative estimate of drug-likeness (QED) is 0.700. The summed E-state index contributed by atoms with van der Waals surface area (Å²) in [6.07, 6.45) is 0. The molecule has 0 heterocycles. The van der Waals surface area contributed by atoms with Gasteiger partial charge in [-0.25, -0.2) is 0 Å². The van der Waals surface area contributed by atoms with Crippen LogP contribution in [-0.4, -0.2) is 61.2 Å². The van der Waals surface area contributed by atoms with Crippen molar-refractivity contribution >= 4 is 16.7 Å². The van der Waals surface area contributed by atoms with Crippen molar-refractivity contribution < 1.29 is 9.90 Å². The van der Waals surface area contributed by atoms with Crippen molar-refractivity contribution in [3.8, 4) is 11.1 Å². The summed E-state index contributed by atoms with van der Waals surface area (Å²) >= 11 is 0. The van der Waals surface area contributed by atoms with E-state index in [1.54, 1.807) is 4.90 Å². The van der Waals surface area contributed by atoms with E-state index in [1.165, 1.54) is 10.8 Å². The van der Waals surface area contributed by atoms with Gasteiger partial charge in [-0.1, -0.05) is 48.5 Å². The number of amides is 1. The van der Waals surface area contributed by atoms with Crippen LogP contribution in [0.2, 0.25) is 0 Å². The summed E-state index contributed by atoms with van der Waals surface area (Å²) in [5, 5.41) is 11.7. The first-order chi connectivity index (χ1) is 13.1. The van der Waals surface area contributed by atoms with Crippen LogP contribution in [0.4, 0.5) is 0 Å². The molecule has 0 fully saturated rings. The monoisotopic (exact) mass is 362 g/mol. The minimum Gasteiger partial charge on any atom is -0.395 e. The van der Waals surface area contributed by atoms with Crippen LogP contribution in [0.15, 0.2) is 66.7 Å². The molecule has 0 unspecified atom stereocenters. The lowest BCUT2D eigenvalue weighted by molar-refractivity contribution is 0.0710. The van der Waals surface area contributed by atoms with Crippen molar-refractivity contribution in [2.24, 2.45) is 0 Å². The van der Waals surface area contributed by atoms with Crippen LogP contribution in [0.25, 0.3) is 21.9 Å². The Balaban J connectivity index is 1.79. The summed E-state index contributed by atoms with van der Waals surface area (Å²) in [6, 6.07) is 22.4. The fraction of sp³-hybridized carbons (Fsp3) is 0.261. The molecule has 4 heteroatoms. The van der Waals surface area contributed by atoms with E-state index in [0.717, 1.165) is 17.7 Å². The number of carbonyl (C=O) groups excluding carboxylic acids is 1. The van der Waals surface area contributed by atoms with E-state index in [-0.39, 0.29) is 12.5 Å². The van der Waals surface area contributed by atoms with Gasteiger partial charge in [0.25, 0.3) is 5.91 Å². The highest BCUT2D eigenvalue weighted by Gasteiger charge is 2.15. The summed E-state index contributed by atoms with van der Waals surface area (Å²) in [6.45, 7) is 1.67. The fourth-order valence-electron chi connectivity index (χ4n) is 3.11. The molecule has 0 bridgehead atoms. The maximum absolute atomic E-state index is 12.8. The highest BCUT2D eigenvalue weighted by atomic mass is 16.3. The number of aliphatic hydroxyl groups excluding tert-OH is 1. The Morgan fingerprint density at radius 2 is 1.48 bits per heavy atom. The highest BCUT2D eigenvalue weighted by molar-refractivity contribution is 5.95. The molecule has 1 amide bonds. The first-order valence-corrected chi connectivity index (χ1v) is 9.22. The molecule has 0 aliphatic carbocycles. The van der Waals surface area contributed by atoms with E-state index in [4.69, 9.17) is 0 Å². The average Bonchev–Trinajstić information content (AvgIpc) is 2.70. The van der Waals surface area contributed by atoms with Gasteiger partial charge in [0.2, 0.25) is 0 Å². The molecule has 3 rings (SSSR count). The second kappa shape index (κ2) is 8.80. The molecule has 0 saturated heterocycles. The fourth-order valence-corrected chi connectivity index (χ4v) is 3.11. The maximum atomic E-state index is 12.8. The van der Waals surface area contributed by atoms with Crippen molar-refractivity contribution in [1.29, 1.82) is 0 Å². The molecule has 0 spiro atoms. The molecule has 140 valence electrons. The Morgan fingerprint density at radius 3 is 2.15 bits per heavy atom. The lowest BCUT2D eigenvalue weighted by atomic mass is 10.00. The van der Waals surface area contributed by atoms with E-state index >= 15 is 0 Å². The van der Waals surface area contributed by atoms with E-state index in [0.29, 0.717) is 18.7 Å². The predicted molar refractivity (Wildman–Crippen MR) is 111 cm³/mol. The molecule has 1 N–H and O–H groups in total. The summed E-state index contributed by atoms with van der Waals surface area (Å²) in [4.78, 5) is 16.5. The van der Waals surface area contributed by atoms with Gasteiger partial charge in [-0.3, -0.25) is 4.79 Å². The second-order valence-electron chi connectivity index (χ2n) is 6.96. The standard InChI is InChI=1S/C23H26N2O2/c1-24(2)13-14-25(15-16-26)23(27)20-10-7-19(8-11-20)22-12-9-18-5-3-4-6-21(18)17-22/h3-12,17,26H,13-16H2,1-2H3.